The van der Waals surface area contributed by atoms with E-state index >= 15 is 0 Å². The summed E-state index contributed by atoms with van der Waals surface area (Å²) in [5.74, 6) is -0.374. The van der Waals surface area contributed by atoms with Crippen LogP contribution >= 0.6 is 15.9 Å². The molecule has 3 aromatic rings. The Kier molecular flexibility index (Phi) is 6.23. The van der Waals surface area contributed by atoms with E-state index in [2.05, 4.69) is 36.4 Å². The maximum Gasteiger partial charge on any atom is 0.271 e. The van der Waals surface area contributed by atoms with Crippen molar-refractivity contribution in [2.75, 3.05) is 13.1 Å². The molecule has 1 saturated heterocycles. The van der Waals surface area contributed by atoms with Gasteiger partial charge in [-0.05, 0) is 48.7 Å². The number of pyridine rings is 1. The number of benzene rings is 1. The Balaban J connectivity index is 1.36. The Hall–Kier alpha value is -3.00. The van der Waals surface area contributed by atoms with Crippen LogP contribution in [0.5, 0.6) is 0 Å². The van der Waals surface area contributed by atoms with Gasteiger partial charge in [-0.25, -0.2) is 0 Å². The van der Waals surface area contributed by atoms with Crippen molar-refractivity contribution in [2.45, 2.75) is 19.4 Å². The lowest BCUT2D eigenvalue weighted by Crippen LogP contribution is -2.45. The van der Waals surface area contributed by atoms with Gasteiger partial charge >= 0.3 is 0 Å². The Labute approximate surface area is 183 Å². The van der Waals surface area contributed by atoms with Crippen molar-refractivity contribution in [3.05, 3.63) is 70.5 Å². The van der Waals surface area contributed by atoms with Crippen molar-refractivity contribution in [3.8, 4) is 11.4 Å². The molecule has 0 bridgehead atoms. The average Bonchev–Trinajstić information content (AvgIpc) is 3.29. The molecule has 0 saturated carbocycles. The summed E-state index contributed by atoms with van der Waals surface area (Å²) in [4.78, 5) is 31.5. The largest absolute Gasteiger partial charge is 0.352 e. The monoisotopic (exact) mass is 467 g/mol. The first-order valence-electron chi connectivity index (χ1n) is 9.88. The number of rotatable bonds is 5. The van der Waals surface area contributed by atoms with Gasteiger partial charge in [0, 0.05) is 30.3 Å². The summed E-state index contributed by atoms with van der Waals surface area (Å²) in [5.41, 5.74) is 2.78. The van der Waals surface area contributed by atoms with Crippen molar-refractivity contribution in [2.24, 2.45) is 5.92 Å². The van der Waals surface area contributed by atoms with Crippen molar-refractivity contribution in [1.82, 2.24) is 25.4 Å². The van der Waals surface area contributed by atoms with Crippen molar-refractivity contribution < 1.29 is 9.59 Å². The number of aromatic nitrogens is 3. The van der Waals surface area contributed by atoms with E-state index in [1.165, 1.54) is 0 Å². The van der Waals surface area contributed by atoms with Crippen LogP contribution in [0.15, 0.2) is 59.2 Å². The minimum Gasteiger partial charge on any atom is -0.352 e. The van der Waals surface area contributed by atoms with Crippen LogP contribution in [0, 0.1) is 5.92 Å². The van der Waals surface area contributed by atoms with Gasteiger partial charge in [-0.15, -0.1) is 0 Å². The SMILES string of the molecule is O=C(NCc1ccc(Br)cc1)[C@@H]1CCCN(C(=O)c2cc(-c3ccccn3)n[nH]2)C1. The lowest BCUT2D eigenvalue weighted by atomic mass is 9.96. The number of nitrogens with one attached hydrogen (secondary N) is 2. The van der Waals surface area contributed by atoms with E-state index in [1.807, 2.05) is 42.5 Å². The molecule has 2 aromatic heterocycles. The fraction of sp³-hybridized carbons (Fsp3) is 0.273. The topological polar surface area (TPSA) is 91.0 Å². The number of nitrogens with zero attached hydrogens (tertiary/aromatic N) is 3. The van der Waals surface area contributed by atoms with E-state index in [9.17, 15) is 9.59 Å². The number of carbonyl (C=O) groups excluding carboxylic acids is 2. The second kappa shape index (κ2) is 9.21. The fourth-order valence-corrected chi connectivity index (χ4v) is 3.82. The van der Waals surface area contributed by atoms with E-state index in [1.54, 1.807) is 17.2 Å². The number of amides is 2. The first-order chi connectivity index (χ1) is 14.6. The van der Waals surface area contributed by atoms with Gasteiger partial charge in [0.2, 0.25) is 5.91 Å². The van der Waals surface area contributed by atoms with Crippen molar-refractivity contribution >= 4 is 27.7 Å². The van der Waals surface area contributed by atoms with Gasteiger partial charge < -0.3 is 10.2 Å². The number of hydrogen-bond acceptors (Lipinski definition) is 4. The lowest BCUT2D eigenvalue weighted by molar-refractivity contribution is -0.126. The molecule has 0 spiro atoms. The van der Waals surface area contributed by atoms with Crippen LogP contribution in [0.1, 0.15) is 28.9 Å². The Morgan fingerprint density at radius 1 is 1.17 bits per heavy atom. The van der Waals surface area contributed by atoms with E-state index in [0.717, 1.165) is 22.9 Å². The third-order valence-corrected chi connectivity index (χ3v) is 5.72. The third-order valence-electron chi connectivity index (χ3n) is 5.19. The van der Waals surface area contributed by atoms with E-state index in [4.69, 9.17) is 0 Å². The molecule has 0 unspecified atom stereocenters. The molecule has 1 aliphatic heterocycles. The summed E-state index contributed by atoms with van der Waals surface area (Å²) < 4.78 is 1.00. The fourth-order valence-electron chi connectivity index (χ4n) is 3.56. The van der Waals surface area contributed by atoms with Gasteiger partial charge in [0.1, 0.15) is 11.4 Å². The van der Waals surface area contributed by atoms with E-state index < -0.39 is 0 Å². The smallest absolute Gasteiger partial charge is 0.271 e. The number of halogens is 1. The molecule has 30 heavy (non-hydrogen) atoms. The van der Waals surface area contributed by atoms with Gasteiger partial charge in [-0.3, -0.25) is 19.7 Å². The molecule has 0 aliphatic carbocycles. The average molecular weight is 468 g/mol. The predicted octanol–water partition coefficient (Wildman–Crippen LogP) is 3.40. The minimum atomic E-state index is -0.212. The van der Waals surface area contributed by atoms with Crippen LogP contribution < -0.4 is 5.32 Å². The highest BCUT2D eigenvalue weighted by molar-refractivity contribution is 9.10. The lowest BCUT2D eigenvalue weighted by Gasteiger charge is -2.31. The minimum absolute atomic E-state index is 0.0193. The zero-order chi connectivity index (χ0) is 20.9. The molecular weight excluding hydrogens is 446 g/mol. The zero-order valence-electron chi connectivity index (χ0n) is 16.3. The summed E-state index contributed by atoms with van der Waals surface area (Å²) in [5, 5.41) is 10.0. The van der Waals surface area contributed by atoms with Crippen molar-refractivity contribution in [3.63, 3.8) is 0 Å². The summed E-state index contributed by atoms with van der Waals surface area (Å²) in [6.07, 6.45) is 3.26. The van der Waals surface area contributed by atoms with Gasteiger partial charge in [0.25, 0.3) is 5.91 Å². The molecule has 1 atom stereocenters. The summed E-state index contributed by atoms with van der Waals surface area (Å²) in [7, 11) is 0. The van der Waals surface area contributed by atoms with E-state index in [-0.39, 0.29) is 17.7 Å². The second-order valence-electron chi connectivity index (χ2n) is 7.32. The molecule has 1 aromatic carbocycles. The van der Waals surface area contributed by atoms with Crippen LogP contribution in [0.3, 0.4) is 0 Å². The quantitative estimate of drug-likeness (QED) is 0.601. The molecule has 0 radical (unpaired) electrons. The maximum absolute atomic E-state index is 12.9. The van der Waals surface area contributed by atoms with Crippen LogP contribution in [0.25, 0.3) is 11.4 Å². The number of aromatic amines is 1. The second-order valence-corrected chi connectivity index (χ2v) is 8.23. The number of carbonyl (C=O) groups is 2. The predicted molar refractivity (Wildman–Crippen MR) is 116 cm³/mol. The first-order valence-corrected chi connectivity index (χ1v) is 10.7. The Bertz CT molecular complexity index is 1020. The molecule has 154 valence electrons. The molecule has 2 N–H and O–H groups in total. The van der Waals surface area contributed by atoms with Gasteiger partial charge in [0.05, 0.1) is 11.6 Å². The van der Waals surface area contributed by atoms with Crippen LogP contribution in [0.4, 0.5) is 0 Å². The number of likely N-dealkylation sites (tertiary alicyclic amines) is 1. The standard InChI is InChI=1S/C22H22BrN5O2/c23-17-8-6-15(7-9-17)13-25-21(29)16-4-3-11-28(14-16)22(30)20-12-19(26-27-20)18-5-1-2-10-24-18/h1-2,5-10,12,16H,3-4,11,13-14H2,(H,25,29)(H,26,27)/t16-/m1/s1. The molecule has 4 rings (SSSR count). The Morgan fingerprint density at radius 2 is 2.00 bits per heavy atom. The maximum atomic E-state index is 12.9. The van der Waals surface area contributed by atoms with Crippen LogP contribution in [-0.2, 0) is 11.3 Å². The molecule has 1 fully saturated rings. The van der Waals surface area contributed by atoms with E-state index in [0.29, 0.717) is 36.7 Å². The van der Waals surface area contributed by atoms with Crippen LogP contribution in [-0.4, -0.2) is 45.0 Å². The molecule has 7 nitrogen and oxygen atoms in total. The highest BCUT2D eigenvalue weighted by Crippen LogP contribution is 2.21. The highest BCUT2D eigenvalue weighted by atomic mass is 79.9. The normalized spacial score (nSPS) is 16.3. The van der Waals surface area contributed by atoms with Crippen molar-refractivity contribution in [1.29, 1.82) is 0 Å². The number of piperidine rings is 1. The zero-order valence-corrected chi connectivity index (χ0v) is 17.9. The third kappa shape index (κ3) is 4.76. The number of hydrogen-bond donors (Lipinski definition) is 2. The number of H-pyrrole nitrogens is 1. The van der Waals surface area contributed by atoms with Crippen LogP contribution in [0.2, 0.25) is 0 Å². The molecular formula is C22H22BrN5O2. The molecule has 1 aliphatic rings. The molecule has 3 heterocycles. The Morgan fingerprint density at radius 3 is 2.77 bits per heavy atom. The van der Waals surface area contributed by atoms with Gasteiger partial charge in [-0.2, -0.15) is 5.10 Å². The highest BCUT2D eigenvalue weighted by Gasteiger charge is 2.29. The summed E-state index contributed by atoms with van der Waals surface area (Å²) >= 11 is 3.41. The van der Waals surface area contributed by atoms with Gasteiger partial charge in [-0.1, -0.05) is 34.1 Å². The van der Waals surface area contributed by atoms with Gasteiger partial charge in [0.15, 0.2) is 0 Å². The summed E-state index contributed by atoms with van der Waals surface area (Å²) in [6.45, 7) is 1.51. The first kappa shape index (κ1) is 20.3. The molecule has 8 heteroatoms. The summed E-state index contributed by atoms with van der Waals surface area (Å²) in [6, 6.07) is 15.1. The molecule has 2 amide bonds.